The van der Waals surface area contributed by atoms with Crippen LogP contribution in [-0.4, -0.2) is 18.4 Å². The first-order valence-electron chi connectivity index (χ1n) is 7.14. The summed E-state index contributed by atoms with van der Waals surface area (Å²) in [5.74, 6) is 1.38. The number of rotatable bonds is 5. The quantitative estimate of drug-likeness (QED) is 0.677. The van der Waals surface area contributed by atoms with Crippen LogP contribution >= 0.6 is 11.3 Å². The number of allylic oxidation sites excluding steroid dienone is 1. The van der Waals surface area contributed by atoms with Crippen molar-refractivity contribution in [3.63, 3.8) is 0 Å². The molecule has 0 fully saturated rings. The fourth-order valence-corrected chi connectivity index (χ4v) is 2.74. The molecule has 5 nitrogen and oxygen atoms in total. The van der Waals surface area contributed by atoms with Gasteiger partial charge < -0.3 is 9.47 Å². The van der Waals surface area contributed by atoms with Crippen LogP contribution in [0.15, 0.2) is 46.9 Å². The van der Waals surface area contributed by atoms with Gasteiger partial charge >= 0.3 is 0 Å². The van der Waals surface area contributed by atoms with Crippen LogP contribution in [-0.2, 0) is 11.2 Å². The van der Waals surface area contributed by atoms with Crippen molar-refractivity contribution < 1.29 is 14.3 Å². The molecule has 3 rings (SSSR count). The molecule has 0 spiro atoms. The number of ether oxygens (including phenoxy) is 2. The summed E-state index contributed by atoms with van der Waals surface area (Å²) in [6.07, 6.45) is 4.09. The van der Waals surface area contributed by atoms with Gasteiger partial charge in [-0.3, -0.25) is 4.79 Å². The van der Waals surface area contributed by atoms with Crippen molar-refractivity contribution in [2.24, 2.45) is 5.10 Å². The van der Waals surface area contributed by atoms with Gasteiger partial charge in [0.1, 0.15) is 0 Å². The molecular formula is C17H16N2O3S. The van der Waals surface area contributed by atoms with Crippen molar-refractivity contribution in [1.82, 2.24) is 5.43 Å². The van der Waals surface area contributed by atoms with E-state index in [0.717, 1.165) is 21.9 Å². The molecule has 0 bridgehead atoms. The fourth-order valence-electron chi connectivity index (χ4n) is 2.03. The largest absolute Gasteiger partial charge is 0.454 e. The van der Waals surface area contributed by atoms with Crippen LogP contribution in [0.1, 0.15) is 17.4 Å². The Labute approximate surface area is 138 Å². The van der Waals surface area contributed by atoms with Crippen molar-refractivity contribution >= 4 is 29.0 Å². The van der Waals surface area contributed by atoms with Crippen molar-refractivity contribution in [3.8, 4) is 11.5 Å². The number of benzene rings is 1. The fraction of sp³-hybridized carbons (Fsp3) is 0.176. The molecule has 0 radical (unpaired) electrons. The second-order valence-electron chi connectivity index (χ2n) is 4.99. The van der Waals surface area contributed by atoms with E-state index in [4.69, 9.17) is 9.47 Å². The van der Waals surface area contributed by atoms with Crippen LogP contribution in [0.25, 0.3) is 6.08 Å². The lowest BCUT2D eigenvalue weighted by molar-refractivity contribution is -0.120. The molecule has 1 aliphatic heterocycles. The maximum Gasteiger partial charge on any atom is 0.245 e. The highest BCUT2D eigenvalue weighted by molar-refractivity contribution is 7.10. The molecule has 1 amide bonds. The molecule has 23 heavy (non-hydrogen) atoms. The van der Waals surface area contributed by atoms with Gasteiger partial charge in [0.15, 0.2) is 11.5 Å². The third-order valence-corrected chi connectivity index (χ3v) is 4.06. The molecule has 0 saturated heterocycles. The summed E-state index contributed by atoms with van der Waals surface area (Å²) in [4.78, 5) is 12.8. The van der Waals surface area contributed by atoms with Gasteiger partial charge in [0.25, 0.3) is 0 Å². The Morgan fingerprint density at radius 1 is 1.35 bits per heavy atom. The number of thiophene rings is 1. The lowest BCUT2D eigenvalue weighted by atomic mass is 10.2. The van der Waals surface area contributed by atoms with Crippen molar-refractivity contribution in [2.75, 3.05) is 6.79 Å². The van der Waals surface area contributed by atoms with Crippen LogP contribution in [0.4, 0.5) is 0 Å². The normalized spacial score (nSPS) is 13.5. The highest BCUT2D eigenvalue weighted by Gasteiger charge is 2.12. The van der Waals surface area contributed by atoms with Crippen LogP contribution in [0.5, 0.6) is 11.5 Å². The van der Waals surface area contributed by atoms with Gasteiger partial charge in [0.2, 0.25) is 12.7 Å². The lowest BCUT2D eigenvalue weighted by Crippen LogP contribution is -2.20. The predicted octanol–water partition coefficient (Wildman–Crippen LogP) is 3.22. The molecule has 0 atom stereocenters. The van der Waals surface area contributed by atoms with Crippen LogP contribution in [0.3, 0.4) is 0 Å². The first-order chi connectivity index (χ1) is 11.2. The Hall–Kier alpha value is -2.60. The Balaban J connectivity index is 1.55. The molecule has 0 saturated carbocycles. The number of nitrogens with zero attached hydrogens (tertiary/aromatic N) is 1. The summed E-state index contributed by atoms with van der Waals surface area (Å²) in [6.45, 7) is 2.09. The number of carbonyl (C=O) groups excluding carboxylic acids is 1. The second-order valence-corrected chi connectivity index (χ2v) is 6.02. The van der Waals surface area contributed by atoms with Crippen molar-refractivity contribution in [1.29, 1.82) is 0 Å². The molecule has 2 aromatic rings. The number of fused-ring (bicyclic) bond motifs is 1. The van der Waals surface area contributed by atoms with Crippen molar-refractivity contribution in [2.45, 2.75) is 13.3 Å². The summed E-state index contributed by atoms with van der Waals surface area (Å²) in [5.41, 5.74) is 4.25. The topological polar surface area (TPSA) is 59.9 Å². The van der Waals surface area contributed by atoms with E-state index in [0.29, 0.717) is 12.1 Å². The Kier molecular flexibility index (Phi) is 4.73. The highest BCUT2D eigenvalue weighted by atomic mass is 32.1. The summed E-state index contributed by atoms with van der Waals surface area (Å²) in [7, 11) is 0. The zero-order valence-electron chi connectivity index (χ0n) is 12.6. The minimum atomic E-state index is -0.122. The zero-order valence-corrected chi connectivity index (χ0v) is 13.4. The zero-order chi connectivity index (χ0) is 16.1. The molecule has 1 aliphatic rings. The van der Waals surface area contributed by atoms with Gasteiger partial charge in [-0.05, 0) is 42.1 Å². The minimum absolute atomic E-state index is 0.122. The third kappa shape index (κ3) is 4.20. The van der Waals surface area contributed by atoms with E-state index in [9.17, 15) is 4.79 Å². The summed E-state index contributed by atoms with van der Waals surface area (Å²) in [6, 6.07) is 9.57. The molecule has 2 heterocycles. The van der Waals surface area contributed by atoms with E-state index >= 15 is 0 Å². The standard InChI is InChI=1S/C17H16N2O3S/c1-12(18-19-17(20)10-14-3-2-8-23-14)4-5-13-6-7-15-16(9-13)22-11-21-15/h2-9H,10-11H2,1H3,(H,19,20). The van der Waals surface area contributed by atoms with E-state index in [1.807, 2.05) is 54.8 Å². The Morgan fingerprint density at radius 3 is 3.04 bits per heavy atom. The van der Waals surface area contributed by atoms with Gasteiger partial charge in [0, 0.05) is 4.88 Å². The van der Waals surface area contributed by atoms with Gasteiger partial charge in [-0.25, -0.2) is 5.43 Å². The molecular weight excluding hydrogens is 312 g/mol. The minimum Gasteiger partial charge on any atom is -0.454 e. The smallest absolute Gasteiger partial charge is 0.245 e. The van der Waals surface area contributed by atoms with Gasteiger partial charge in [-0.1, -0.05) is 18.2 Å². The van der Waals surface area contributed by atoms with Crippen LogP contribution in [0.2, 0.25) is 0 Å². The number of carbonyl (C=O) groups is 1. The summed E-state index contributed by atoms with van der Waals surface area (Å²) in [5, 5.41) is 6.02. The number of hydrogen-bond acceptors (Lipinski definition) is 5. The molecule has 0 aliphatic carbocycles. The monoisotopic (exact) mass is 328 g/mol. The molecule has 0 unspecified atom stereocenters. The molecule has 1 aromatic carbocycles. The SMILES string of the molecule is CC(C=Cc1ccc2c(c1)OCO2)=NNC(=O)Cc1cccs1. The Morgan fingerprint density at radius 2 is 2.22 bits per heavy atom. The maximum absolute atomic E-state index is 11.8. The van der Waals surface area contributed by atoms with Crippen LogP contribution < -0.4 is 14.9 Å². The van der Waals surface area contributed by atoms with E-state index < -0.39 is 0 Å². The molecule has 1 N–H and O–H groups in total. The van der Waals surface area contributed by atoms with Gasteiger partial charge in [-0.15, -0.1) is 11.3 Å². The van der Waals surface area contributed by atoms with E-state index in [-0.39, 0.29) is 12.7 Å². The summed E-state index contributed by atoms with van der Waals surface area (Å²) >= 11 is 1.56. The first kappa shape index (κ1) is 15.3. The predicted molar refractivity (Wildman–Crippen MR) is 90.9 cm³/mol. The second kappa shape index (κ2) is 7.11. The third-order valence-electron chi connectivity index (χ3n) is 3.19. The first-order valence-corrected chi connectivity index (χ1v) is 8.02. The van der Waals surface area contributed by atoms with Gasteiger partial charge in [0.05, 0.1) is 12.1 Å². The molecule has 118 valence electrons. The average Bonchev–Trinajstić information content (AvgIpc) is 3.21. The number of amides is 1. The van der Waals surface area contributed by atoms with Crippen LogP contribution in [0, 0.1) is 0 Å². The number of nitrogens with one attached hydrogen (secondary N) is 1. The number of hydrogen-bond donors (Lipinski definition) is 1. The van der Waals surface area contributed by atoms with E-state index in [2.05, 4.69) is 10.5 Å². The Bertz CT molecular complexity index is 751. The highest BCUT2D eigenvalue weighted by Crippen LogP contribution is 2.32. The molecule has 1 aromatic heterocycles. The maximum atomic E-state index is 11.8. The lowest BCUT2D eigenvalue weighted by Gasteiger charge is -1.99. The summed E-state index contributed by atoms with van der Waals surface area (Å²) < 4.78 is 10.6. The van der Waals surface area contributed by atoms with Crippen molar-refractivity contribution in [3.05, 3.63) is 52.2 Å². The molecule has 6 heteroatoms. The van der Waals surface area contributed by atoms with E-state index in [1.54, 1.807) is 11.3 Å². The number of hydrazone groups is 1. The van der Waals surface area contributed by atoms with Gasteiger partial charge in [-0.2, -0.15) is 5.10 Å². The van der Waals surface area contributed by atoms with E-state index in [1.165, 1.54) is 0 Å². The average molecular weight is 328 g/mol.